The number of aromatic nitrogens is 1. The molecule has 1 aromatic rings. The third kappa shape index (κ3) is 4.01. The van der Waals surface area contributed by atoms with Crippen molar-refractivity contribution >= 4 is 14.3 Å². The van der Waals surface area contributed by atoms with Crippen LogP contribution in [-0.2, 0) is 20.4 Å². The Hall–Kier alpha value is -1.20. The standard InChI is InChI=1S/C18H29NO3Si/c1-5-21-18(20)15-12-14-10-9-11-19-17(14)16(13-15)22-23(6-2,7-3)8-4/h9-11,15-16H,5-8,12-13H2,1-4H3. The molecule has 2 atom stereocenters. The minimum Gasteiger partial charge on any atom is -0.466 e. The monoisotopic (exact) mass is 335 g/mol. The van der Waals surface area contributed by atoms with E-state index in [2.05, 4.69) is 31.8 Å². The third-order valence-corrected chi connectivity index (χ3v) is 9.79. The average molecular weight is 336 g/mol. The maximum absolute atomic E-state index is 12.2. The first-order valence-electron chi connectivity index (χ1n) is 8.87. The third-order valence-electron chi connectivity index (χ3n) is 5.14. The fourth-order valence-corrected chi connectivity index (χ4v) is 6.29. The molecule has 0 spiro atoms. The van der Waals surface area contributed by atoms with E-state index in [0.717, 1.165) is 29.4 Å². The average Bonchev–Trinajstić information content (AvgIpc) is 2.59. The molecule has 0 fully saturated rings. The Morgan fingerprint density at radius 2 is 1.96 bits per heavy atom. The summed E-state index contributed by atoms with van der Waals surface area (Å²) in [6.07, 6.45) is 3.16. The van der Waals surface area contributed by atoms with Gasteiger partial charge in [-0.3, -0.25) is 9.78 Å². The van der Waals surface area contributed by atoms with Gasteiger partial charge in [0.2, 0.25) is 0 Å². The van der Waals surface area contributed by atoms with Crippen LogP contribution in [0.2, 0.25) is 18.1 Å². The van der Waals surface area contributed by atoms with Crippen LogP contribution in [0.25, 0.3) is 0 Å². The molecular weight excluding hydrogens is 306 g/mol. The molecule has 1 heterocycles. The number of fused-ring (bicyclic) bond motifs is 1. The van der Waals surface area contributed by atoms with Gasteiger partial charge in [0.1, 0.15) is 0 Å². The number of hydrogen-bond acceptors (Lipinski definition) is 4. The molecule has 0 aromatic carbocycles. The summed E-state index contributed by atoms with van der Waals surface area (Å²) >= 11 is 0. The van der Waals surface area contributed by atoms with Crippen molar-refractivity contribution in [2.45, 2.75) is 64.8 Å². The Kier molecular flexibility index (Phi) is 6.36. The lowest BCUT2D eigenvalue weighted by Gasteiger charge is -2.37. The number of ether oxygens (including phenoxy) is 1. The maximum atomic E-state index is 12.2. The van der Waals surface area contributed by atoms with Gasteiger partial charge in [-0.25, -0.2) is 0 Å². The zero-order chi connectivity index (χ0) is 16.9. The molecule has 2 unspecified atom stereocenters. The Labute approximate surface area is 140 Å². The van der Waals surface area contributed by atoms with E-state index < -0.39 is 8.32 Å². The lowest BCUT2D eigenvalue weighted by atomic mass is 9.85. The Bertz CT molecular complexity index is 522. The summed E-state index contributed by atoms with van der Waals surface area (Å²) in [5.41, 5.74) is 2.16. The number of rotatable bonds is 7. The highest BCUT2D eigenvalue weighted by Gasteiger charge is 2.39. The van der Waals surface area contributed by atoms with Crippen LogP contribution in [0, 0.1) is 5.92 Å². The van der Waals surface area contributed by atoms with E-state index in [-0.39, 0.29) is 18.0 Å². The number of carbonyl (C=O) groups excluding carboxylic acids is 1. The highest BCUT2D eigenvalue weighted by molar-refractivity contribution is 6.73. The van der Waals surface area contributed by atoms with E-state index in [1.54, 1.807) is 0 Å². The second kappa shape index (κ2) is 8.06. The van der Waals surface area contributed by atoms with Gasteiger partial charge in [-0.1, -0.05) is 26.8 Å². The Morgan fingerprint density at radius 1 is 1.26 bits per heavy atom. The van der Waals surface area contributed by atoms with E-state index in [9.17, 15) is 4.79 Å². The van der Waals surface area contributed by atoms with Crippen molar-refractivity contribution < 1.29 is 14.0 Å². The Balaban J connectivity index is 2.28. The quantitative estimate of drug-likeness (QED) is 0.551. The summed E-state index contributed by atoms with van der Waals surface area (Å²) in [4.78, 5) is 16.8. The molecule has 0 N–H and O–H groups in total. The van der Waals surface area contributed by atoms with Gasteiger partial charge in [-0.2, -0.15) is 0 Å². The molecule has 0 radical (unpaired) electrons. The molecule has 23 heavy (non-hydrogen) atoms. The van der Waals surface area contributed by atoms with E-state index >= 15 is 0 Å². The number of nitrogens with zero attached hydrogens (tertiary/aromatic N) is 1. The van der Waals surface area contributed by atoms with Crippen molar-refractivity contribution in [3.63, 3.8) is 0 Å². The van der Waals surface area contributed by atoms with Gasteiger partial charge < -0.3 is 9.16 Å². The van der Waals surface area contributed by atoms with Crippen LogP contribution in [-0.4, -0.2) is 25.9 Å². The summed E-state index contributed by atoms with van der Waals surface area (Å²) < 4.78 is 11.9. The Morgan fingerprint density at radius 3 is 2.57 bits per heavy atom. The van der Waals surface area contributed by atoms with Gasteiger partial charge in [-0.05, 0) is 49.5 Å². The fraction of sp³-hybridized carbons (Fsp3) is 0.667. The van der Waals surface area contributed by atoms with Crippen LogP contribution in [0.4, 0.5) is 0 Å². The van der Waals surface area contributed by atoms with Crippen molar-refractivity contribution in [2.75, 3.05) is 6.61 Å². The largest absolute Gasteiger partial charge is 0.466 e. The lowest BCUT2D eigenvalue weighted by Crippen LogP contribution is -2.40. The molecule has 128 valence electrons. The number of hydrogen-bond donors (Lipinski definition) is 0. The number of pyridine rings is 1. The molecule has 0 saturated carbocycles. The highest BCUT2D eigenvalue weighted by atomic mass is 28.4. The molecule has 0 amide bonds. The highest BCUT2D eigenvalue weighted by Crippen LogP contribution is 2.39. The predicted molar refractivity (Wildman–Crippen MR) is 93.7 cm³/mol. The van der Waals surface area contributed by atoms with Crippen LogP contribution >= 0.6 is 0 Å². The zero-order valence-electron chi connectivity index (χ0n) is 14.8. The van der Waals surface area contributed by atoms with Crippen molar-refractivity contribution in [3.8, 4) is 0 Å². The topological polar surface area (TPSA) is 48.4 Å². The zero-order valence-corrected chi connectivity index (χ0v) is 15.8. The molecular formula is C18H29NO3Si. The fourth-order valence-electron chi connectivity index (χ4n) is 3.48. The van der Waals surface area contributed by atoms with E-state index in [0.29, 0.717) is 19.4 Å². The molecule has 2 rings (SSSR count). The molecule has 1 aromatic heterocycles. The van der Waals surface area contributed by atoms with Crippen molar-refractivity contribution in [1.29, 1.82) is 0 Å². The second-order valence-corrected chi connectivity index (χ2v) is 11.0. The SMILES string of the molecule is CCOC(=O)C1Cc2cccnc2C(O[Si](CC)(CC)CC)C1. The molecule has 0 aliphatic heterocycles. The molecule has 4 nitrogen and oxygen atoms in total. The molecule has 1 aliphatic rings. The maximum Gasteiger partial charge on any atom is 0.309 e. The van der Waals surface area contributed by atoms with Gasteiger partial charge in [-0.15, -0.1) is 0 Å². The summed E-state index contributed by atoms with van der Waals surface area (Å²) in [5, 5.41) is 0. The normalized spacial score (nSPS) is 20.9. The van der Waals surface area contributed by atoms with Crippen LogP contribution in [0.15, 0.2) is 18.3 Å². The van der Waals surface area contributed by atoms with E-state index in [4.69, 9.17) is 9.16 Å². The molecule has 0 bridgehead atoms. The summed E-state index contributed by atoms with van der Waals surface area (Å²) in [6.45, 7) is 8.96. The van der Waals surface area contributed by atoms with Crippen LogP contribution in [0.3, 0.4) is 0 Å². The number of esters is 1. The summed E-state index contributed by atoms with van der Waals surface area (Å²) in [7, 11) is -1.75. The summed E-state index contributed by atoms with van der Waals surface area (Å²) in [6, 6.07) is 7.30. The summed E-state index contributed by atoms with van der Waals surface area (Å²) in [5.74, 6) is -0.221. The van der Waals surface area contributed by atoms with Gasteiger partial charge in [0.15, 0.2) is 8.32 Å². The van der Waals surface area contributed by atoms with Crippen molar-refractivity contribution in [1.82, 2.24) is 4.98 Å². The first-order chi connectivity index (χ1) is 11.1. The predicted octanol–water partition coefficient (Wildman–Crippen LogP) is 4.27. The minimum absolute atomic E-state index is 0.0686. The molecule has 0 saturated heterocycles. The number of carbonyl (C=O) groups is 1. The first kappa shape index (κ1) is 18.1. The second-order valence-electron chi connectivity index (χ2n) is 6.29. The van der Waals surface area contributed by atoms with E-state index in [1.807, 2.05) is 19.2 Å². The van der Waals surface area contributed by atoms with Gasteiger partial charge in [0.25, 0.3) is 0 Å². The minimum atomic E-state index is -1.75. The van der Waals surface area contributed by atoms with Crippen molar-refractivity contribution in [2.24, 2.45) is 5.92 Å². The van der Waals surface area contributed by atoms with Gasteiger partial charge in [0.05, 0.1) is 24.3 Å². The smallest absolute Gasteiger partial charge is 0.309 e. The van der Waals surface area contributed by atoms with Crippen LogP contribution in [0.5, 0.6) is 0 Å². The van der Waals surface area contributed by atoms with Crippen LogP contribution in [0.1, 0.15) is 51.5 Å². The molecule has 1 aliphatic carbocycles. The van der Waals surface area contributed by atoms with Crippen molar-refractivity contribution in [3.05, 3.63) is 29.6 Å². The van der Waals surface area contributed by atoms with E-state index in [1.165, 1.54) is 0 Å². The lowest BCUT2D eigenvalue weighted by molar-refractivity contribution is -0.149. The van der Waals surface area contributed by atoms with Crippen LogP contribution < -0.4 is 0 Å². The van der Waals surface area contributed by atoms with Gasteiger partial charge >= 0.3 is 5.97 Å². The van der Waals surface area contributed by atoms with Gasteiger partial charge in [0, 0.05) is 6.20 Å². The molecule has 5 heteroatoms. The first-order valence-corrected chi connectivity index (χ1v) is 11.4.